The predicted molar refractivity (Wildman–Crippen MR) is 130 cm³/mol. The van der Waals surface area contributed by atoms with Crippen molar-refractivity contribution in [1.29, 1.82) is 0 Å². The fourth-order valence-corrected chi connectivity index (χ4v) is 4.55. The number of rotatable bonds is 12. The summed E-state index contributed by atoms with van der Waals surface area (Å²) in [5.74, 6) is 1.48. The molecule has 1 N–H and O–H groups in total. The van der Waals surface area contributed by atoms with Crippen molar-refractivity contribution in [3.8, 4) is 17.2 Å². The third-order valence-electron chi connectivity index (χ3n) is 4.81. The number of hydrogen-bond donors (Lipinski definition) is 1. The molecule has 180 valence electrons. The molecule has 0 saturated heterocycles. The van der Waals surface area contributed by atoms with Gasteiger partial charge in [0.1, 0.15) is 30.4 Å². The van der Waals surface area contributed by atoms with Crippen LogP contribution >= 0.6 is 0 Å². The summed E-state index contributed by atoms with van der Waals surface area (Å²) in [6.45, 7) is 2.40. The van der Waals surface area contributed by atoms with Crippen LogP contribution in [0.1, 0.15) is 6.92 Å². The summed E-state index contributed by atoms with van der Waals surface area (Å²) in [6.07, 6.45) is 0. The average Bonchev–Trinajstić information content (AvgIpc) is 2.86. The van der Waals surface area contributed by atoms with Gasteiger partial charge in [-0.3, -0.25) is 9.10 Å². The Labute approximate surface area is 200 Å². The first-order valence-electron chi connectivity index (χ1n) is 10.8. The Balaban J connectivity index is 1.65. The van der Waals surface area contributed by atoms with Gasteiger partial charge < -0.3 is 19.5 Å². The molecule has 0 unspecified atom stereocenters. The highest BCUT2D eigenvalue weighted by molar-refractivity contribution is 7.92. The number of nitrogens with one attached hydrogen (secondary N) is 1. The molecule has 0 radical (unpaired) electrons. The SMILES string of the molecule is CCOc1ccc(S(=O)(=O)N(CC(=O)NCCOc2ccc(OC)cc2)c2ccccc2)cc1. The van der Waals surface area contributed by atoms with Crippen LogP contribution in [0.5, 0.6) is 17.2 Å². The van der Waals surface area contributed by atoms with E-state index in [9.17, 15) is 13.2 Å². The van der Waals surface area contributed by atoms with Gasteiger partial charge in [0, 0.05) is 0 Å². The first-order valence-corrected chi connectivity index (χ1v) is 12.2. The van der Waals surface area contributed by atoms with E-state index in [1.54, 1.807) is 73.8 Å². The van der Waals surface area contributed by atoms with Crippen LogP contribution in [-0.4, -0.2) is 47.7 Å². The molecule has 8 nitrogen and oxygen atoms in total. The summed E-state index contributed by atoms with van der Waals surface area (Å²) in [5.41, 5.74) is 0.390. The van der Waals surface area contributed by atoms with Gasteiger partial charge in [-0.2, -0.15) is 0 Å². The van der Waals surface area contributed by atoms with Crippen LogP contribution in [0.3, 0.4) is 0 Å². The standard InChI is InChI=1S/C25H28N2O6S/c1-3-32-22-13-15-24(16-14-22)34(29,30)27(20-7-5-4-6-8-20)19-25(28)26-17-18-33-23-11-9-21(31-2)10-12-23/h4-16H,3,17-19H2,1-2H3,(H,26,28). The maximum absolute atomic E-state index is 13.4. The topological polar surface area (TPSA) is 94.2 Å². The van der Waals surface area contributed by atoms with Gasteiger partial charge in [-0.1, -0.05) is 18.2 Å². The van der Waals surface area contributed by atoms with Gasteiger partial charge in [-0.15, -0.1) is 0 Å². The van der Waals surface area contributed by atoms with Crippen LogP contribution in [0.2, 0.25) is 0 Å². The monoisotopic (exact) mass is 484 g/mol. The van der Waals surface area contributed by atoms with Gasteiger partial charge in [0.15, 0.2) is 0 Å². The molecule has 0 atom stereocenters. The molecule has 9 heteroatoms. The Morgan fingerprint density at radius 1 is 0.853 bits per heavy atom. The summed E-state index contributed by atoms with van der Waals surface area (Å²) in [5, 5.41) is 2.71. The van der Waals surface area contributed by atoms with Crippen molar-refractivity contribution in [2.75, 3.05) is 37.7 Å². The Morgan fingerprint density at radius 2 is 1.44 bits per heavy atom. The van der Waals surface area contributed by atoms with E-state index in [1.807, 2.05) is 6.92 Å². The van der Waals surface area contributed by atoms with Gasteiger partial charge in [-0.05, 0) is 67.6 Å². The number of nitrogens with zero attached hydrogens (tertiary/aromatic N) is 1. The van der Waals surface area contributed by atoms with E-state index in [4.69, 9.17) is 14.2 Å². The molecule has 0 aromatic heterocycles. The van der Waals surface area contributed by atoms with E-state index in [2.05, 4.69) is 5.32 Å². The van der Waals surface area contributed by atoms with Crippen LogP contribution in [0.4, 0.5) is 5.69 Å². The summed E-state index contributed by atoms with van der Waals surface area (Å²) in [6, 6.07) is 21.7. The lowest BCUT2D eigenvalue weighted by Gasteiger charge is -2.24. The highest BCUT2D eigenvalue weighted by Gasteiger charge is 2.27. The van der Waals surface area contributed by atoms with Crippen LogP contribution in [0, 0.1) is 0 Å². The van der Waals surface area contributed by atoms with Crippen molar-refractivity contribution < 1.29 is 27.4 Å². The van der Waals surface area contributed by atoms with Crippen LogP contribution < -0.4 is 23.8 Å². The summed E-state index contributed by atoms with van der Waals surface area (Å²) >= 11 is 0. The Bertz CT molecular complexity index is 1150. The molecule has 3 rings (SSSR count). The highest BCUT2D eigenvalue weighted by Crippen LogP contribution is 2.25. The Hall–Kier alpha value is -3.72. The van der Waals surface area contributed by atoms with Gasteiger partial charge >= 0.3 is 0 Å². The third kappa shape index (κ3) is 6.64. The predicted octanol–water partition coefficient (Wildman–Crippen LogP) is 3.48. The van der Waals surface area contributed by atoms with Gasteiger partial charge in [0.2, 0.25) is 5.91 Å². The first-order chi connectivity index (χ1) is 16.4. The molecule has 0 spiro atoms. The van der Waals surface area contributed by atoms with E-state index < -0.39 is 15.9 Å². The zero-order valence-electron chi connectivity index (χ0n) is 19.1. The number of carbonyl (C=O) groups is 1. The number of amides is 1. The lowest BCUT2D eigenvalue weighted by molar-refractivity contribution is -0.119. The molecule has 34 heavy (non-hydrogen) atoms. The minimum atomic E-state index is -3.99. The second-order valence-corrected chi connectivity index (χ2v) is 8.99. The molecule has 0 aliphatic carbocycles. The lowest BCUT2D eigenvalue weighted by atomic mass is 10.3. The van der Waals surface area contributed by atoms with Crippen molar-refractivity contribution in [2.45, 2.75) is 11.8 Å². The molecule has 0 aliphatic heterocycles. The van der Waals surface area contributed by atoms with Gasteiger partial charge in [-0.25, -0.2) is 8.42 Å². The second kappa shape index (κ2) is 11.9. The van der Waals surface area contributed by atoms with Crippen LogP contribution in [0.25, 0.3) is 0 Å². The normalized spacial score (nSPS) is 10.9. The lowest BCUT2D eigenvalue weighted by Crippen LogP contribution is -2.41. The number of sulfonamides is 1. The largest absolute Gasteiger partial charge is 0.497 e. The van der Waals surface area contributed by atoms with E-state index in [0.717, 1.165) is 10.1 Å². The average molecular weight is 485 g/mol. The van der Waals surface area contributed by atoms with Gasteiger partial charge in [0.25, 0.3) is 10.0 Å². The Kier molecular flexibility index (Phi) is 8.75. The smallest absolute Gasteiger partial charge is 0.264 e. The molecule has 0 heterocycles. The minimum Gasteiger partial charge on any atom is -0.497 e. The van der Waals surface area contributed by atoms with E-state index in [-0.39, 0.29) is 24.6 Å². The summed E-state index contributed by atoms with van der Waals surface area (Å²) in [7, 11) is -2.40. The number of methoxy groups -OCH3 is 1. The number of hydrogen-bond acceptors (Lipinski definition) is 6. The van der Waals surface area contributed by atoms with Crippen molar-refractivity contribution in [3.63, 3.8) is 0 Å². The summed E-state index contributed by atoms with van der Waals surface area (Å²) < 4.78 is 43.9. The Morgan fingerprint density at radius 3 is 2.06 bits per heavy atom. The third-order valence-corrected chi connectivity index (χ3v) is 6.59. The maximum Gasteiger partial charge on any atom is 0.264 e. The van der Waals surface area contributed by atoms with E-state index in [0.29, 0.717) is 23.8 Å². The molecule has 1 amide bonds. The van der Waals surface area contributed by atoms with Crippen molar-refractivity contribution in [1.82, 2.24) is 5.32 Å². The fourth-order valence-electron chi connectivity index (χ4n) is 3.13. The molecule has 0 fully saturated rings. The zero-order valence-corrected chi connectivity index (χ0v) is 20.0. The molecule has 0 aliphatic rings. The van der Waals surface area contributed by atoms with E-state index in [1.165, 1.54) is 12.1 Å². The molecular formula is C25H28N2O6S. The number of carbonyl (C=O) groups excluding carboxylic acids is 1. The second-order valence-electron chi connectivity index (χ2n) is 7.13. The van der Waals surface area contributed by atoms with E-state index >= 15 is 0 Å². The van der Waals surface area contributed by atoms with Crippen LogP contribution in [0.15, 0.2) is 83.8 Å². The molecule has 3 aromatic carbocycles. The highest BCUT2D eigenvalue weighted by atomic mass is 32.2. The molecule has 0 saturated carbocycles. The molecular weight excluding hydrogens is 456 g/mol. The van der Waals surface area contributed by atoms with Crippen LogP contribution in [-0.2, 0) is 14.8 Å². The molecule has 3 aromatic rings. The van der Waals surface area contributed by atoms with Crippen molar-refractivity contribution in [2.24, 2.45) is 0 Å². The molecule has 0 bridgehead atoms. The fraction of sp³-hybridized carbons (Fsp3) is 0.240. The number of anilines is 1. The van der Waals surface area contributed by atoms with Crippen molar-refractivity contribution in [3.05, 3.63) is 78.9 Å². The zero-order chi connectivity index (χ0) is 24.4. The number of ether oxygens (including phenoxy) is 3. The summed E-state index contributed by atoms with van der Waals surface area (Å²) in [4.78, 5) is 12.7. The number of benzene rings is 3. The van der Waals surface area contributed by atoms with Crippen molar-refractivity contribution >= 4 is 21.6 Å². The minimum absolute atomic E-state index is 0.0652. The first kappa shape index (κ1) is 24.9. The van der Waals surface area contributed by atoms with Gasteiger partial charge in [0.05, 0.1) is 30.8 Å². The quantitative estimate of drug-likeness (QED) is 0.396. The number of para-hydroxylation sites is 1. The maximum atomic E-state index is 13.4.